The van der Waals surface area contributed by atoms with Crippen LogP contribution in [0.3, 0.4) is 0 Å². The summed E-state index contributed by atoms with van der Waals surface area (Å²) < 4.78 is 0. The molecule has 0 spiro atoms. The lowest BCUT2D eigenvalue weighted by Gasteiger charge is -2.11. The Hall–Kier alpha value is -3.97. The van der Waals surface area contributed by atoms with Gasteiger partial charge in [-0.1, -0.05) is 18.2 Å². The van der Waals surface area contributed by atoms with E-state index in [0.717, 1.165) is 28.0 Å². The summed E-state index contributed by atoms with van der Waals surface area (Å²) in [5.74, 6) is -0.319. The molecule has 1 amide bonds. The van der Waals surface area contributed by atoms with Crippen molar-refractivity contribution in [3.63, 3.8) is 0 Å². The minimum absolute atomic E-state index is 0.319. The first-order valence-electron chi connectivity index (χ1n) is 9.01. The number of nitrogens with zero attached hydrogens (tertiary/aromatic N) is 2. The molecule has 0 saturated heterocycles. The first-order chi connectivity index (χ1) is 14.2. The number of carbonyl (C=O) groups excluding carboxylic acids is 1. The Morgan fingerprint density at radius 3 is 2.76 bits per heavy atom. The normalized spacial score (nSPS) is 11.1. The largest absolute Gasteiger partial charge is 0.355 e. The molecule has 3 N–H and O–H groups in total. The lowest BCUT2D eigenvalue weighted by atomic mass is 10.1. The van der Waals surface area contributed by atoms with E-state index in [4.69, 9.17) is 4.84 Å². The average Bonchev–Trinajstić information content (AvgIpc) is 3.16. The predicted octanol–water partition coefficient (Wildman–Crippen LogP) is 4.16. The quantitative estimate of drug-likeness (QED) is 0.434. The van der Waals surface area contributed by atoms with E-state index in [1.165, 1.54) is 7.11 Å². The average molecular weight is 385 g/mol. The first-order valence-corrected chi connectivity index (χ1v) is 9.01. The van der Waals surface area contributed by atoms with Gasteiger partial charge in [0, 0.05) is 17.3 Å². The van der Waals surface area contributed by atoms with Crippen LogP contribution in [0.1, 0.15) is 21.7 Å². The van der Waals surface area contributed by atoms with Crippen LogP contribution in [-0.4, -0.2) is 28.2 Å². The Balaban J connectivity index is 1.58. The number of aromatic nitrogens is 3. The van der Waals surface area contributed by atoms with Crippen LogP contribution >= 0.6 is 0 Å². The summed E-state index contributed by atoms with van der Waals surface area (Å²) in [7, 11) is 1.40. The zero-order chi connectivity index (χ0) is 20.1. The molecule has 2 aromatic heterocycles. The van der Waals surface area contributed by atoms with Crippen molar-refractivity contribution in [1.82, 2.24) is 20.7 Å². The number of rotatable bonds is 6. The maximum atomic E-state index is 12.2. The number of para-hydroxylation sites is 1. The smallest absolute Gasteiger partial charge is 0.276 e. The predicted molar refractivity (Wildman–Crippen MR) is 113 cm³/mol. The molecule has 0 saturated carbocycles. The molecular weight excluding hydrogens is 366 g/mol. The number of hydrogen-bond acceptors (Lipinski definition) is 5. The van der Waals surface area contributed by atoms with E-state index in [9.17, 15) is 4.79 Å². The second-order valence-electron chi connectivity index (χ2n) is 6.26. The zero-order valence-electron chi connectivity index (χ0n) is 15.7. The van der Waals surface area contributed by atoms with Gasteiger partial charge in [0.2, 0.25) is 0 Å². The molecule has 0 aliphatic rings. The molecule has 0 bridgehead atoms. The number of hydroxylamine groups is 1. The molecule has 7 nitrogen and oxygen atoms in total. The molecule has 0 aliphatic carbocycles. The zero-order valence-corrected chi connectivity index (χ0v) is 15.7. The molecule has 7 heteroatoms. The van der Waals surface area contributed by atoms with Crippen molar-refractivity contribution in [2.24, 2.45) is 0 Å². The van der Waals surface area contributed by atoms with Crippen molar-refractivity contribution >= 4 is 40.3 Å². The van der Waals surface area contributed by atoms with E-state index in [1.54, 1.807) is 18.3 Å². The van der Waals surface area contributed by atoms with Crippen molar-refractivity contribution in [1.29, 1.82) is 0 Å². The van der Waals surface area contributed by atoms with Crippen molar-refractivity contribution in [2.45, 2.75) is 0 Å². The molecule has 0 atom stereocenters. The van der Waals surface area contributed by atoms with Gasteiger partial charge in [-0.05, 0) is 54.6 Å². The third kappa shape index (κ3) is 4.15. The number of nitrogens with one attached hydrogen (secondary N) is 3. The standard InChI is InChI=1S/C22H19N5O2/c1-29-27-22(28)18-7-2-3-8-19(18)24-16-9-11-17-20(25-26-21(17)14-16)12-10-15-6-4-5-13-23-15/h2-14,24H,1H3,(H,25,26)(H,27,28). The number of fused-ring (bicyclic) bond motifs is 1. The van der Waals surface area contributed by atoms with Crippen molar-refractivity contribution < 1.29 is 9.63 Å². The van der Waals surface area contributed by atoms with Gasteiger partial charge in [0.1, 0.15) is 0 Å². The Kier molecular flexibility index (Phi) is 5.31. The van der Waals surface area contributed by atoms with Gasteiger partial charge in [-0.2, -0.15) is 5.10 Å². The third-order valence-corrected chi connectivity index (χ3v) is 4.34. The van der Waals surface area contributed by atoms with E-state index >= 15 is 0 Å². The highest BCUT2D eigenvalue weighted by atomic mass is 16.6. The highest BCUT2D eigenvalue weighted by Gasteiger charge is 2.11. The van der Waals surface area contributed by atoms with Crippen molar-refractivity contribution in [2.75, 3.05) is 12.4 Å². The van der Waals surface area contributed by atoms with Crippen LogP contribution in [0.25, 0.3) is 23.1 Å². The maximum Gasteiger partial charge on any atom is 0.276 e. The van der Waals surface area contributed by atoms with Crippen LogP contribution in [0.15, 0.2) is 66.9 Å². The van der Waals surface area contributed by atoms with Gasteiger partial charge >= 0.3 is 0 Å². The SMILES string of the molecule is CONC(=O)c1ccccc1Nc1ccc2c(C=Cc3ccccn3)n[nH]c2c1. The number of H-pyrrole nitrogens is 1. The summed E-state index contributed by atoms with van der Waals surface area (Å²) in [5.41, 5.74) is 6.92. The summed E-state index contributed by atoms with van der Waals surface area (Å²) in [4.78, 5) is 21.2. The van der Waals surface area contributed by atoms with Gasteiger partial charge in [-0.15, -0.1) is 0 Å². The third-order valence-electron chi connectivity index (χ3n) is 4.34. The van der Waals surface area contributed by atoms with E-state index in [1.807, 2.05) is 60.7 Å². The van der Waals surface area contributed by atoms with E-state index in [2.05, 4.69) is 26.0 Å². The fourth-order valence-electron chi connectivity index (χ4n) is 2.98. The second-order valence-corrected chi connectivity index (χ2v) is 6.26. The number of hydrogen-bond donors (Lipinski definition) is 3. The number of aromatic amines is 1. The minimum atomic E-state index is -0.319. The van der Waals surface area contributed by atoms with Crippen LogP contribution < -0.4 is 10.8 Å². The number of pyridine rings is 1. The van der Waals surface area contributed by atoms with Crippen LogP contribution in [-0.2, 0) is 4.84 Å². The van der Waals surface area contributed by atoms with Crippen LogP contribution in [0.2, 0.25) is 0 Å². The molecule has 2 heterocycles. The summed E-state index contributed by atoms with van der Waals surface area (Å²) in [6.45, 7) is 0. The van der Waals surface area contributed by atoms with Crippen molar-refractivity contribution in [3.8, 4) is 0 Å². The summed E-state index contributed by atoms with van der Waals surface area (Å²) >= 11 is 0. The minimum Gasteiger partial charge on any atom is -0.355 e. The first kappa shape index (κ1) is 18.4. The van der Waals surface area contributed by atoms with Gasteiger partial charge in [-0.3, -0.25) is 19.7 Å². The molecule has 0 fully saturated rings. The Morgan fingerprint density at radius 2 is 1.93 bits per heavy atom. The van der Waals surface area contributed by atoms with Gasteiger partial charge in [0.25, 0.3) is 5.91 Å². The fraction of sp³-hybridized carbons (Fsp3) is 0.0455. The highest BCUT2D eigenvalue weighted by Crippen LogP contribution is 2.26. The monoisotopic (exact) mass is 385 g/mol. The molecule has 4 rings (SSSR count). The molecule has 144 valence electrons. The molecule has 4 aromatic rings. The molecule has 2 aromatic carbocycles. The molecular formula is C22H19N5O2. The number of amides is 1. The van der Waals surface area contributed by atoms with E-state index in [-0.39, 0.29) is 5.91 Å². The van der Waals surface area contributed by atoms with Crippen LogP contribution in [0.5, 0.6) is 0 Å². The van der Waals surface area contributed by atoms with Gasteiger partial charge < -0.3 is 5.32 Å². The van der Waals surface area contributed by atoms with Gasteiger partial charge in [-0.25, -0.2) is 5.48 Å². The lowest BCUT2D eigenvalue weighted by Crippen LogP contribution is -2.22. The van der Waals surface area contributed by atoms with Gasteiger partial charge in [0.15, 0.2) is 0 Å². The summed E-state index contributed by atoms with van der Waals surface area (Å²) in [6, 6.07) is 18.9. The maximum absolute atomic E-state index is 12.2. The molecule has 0 radical (unpaired) electrons. The Labute approximate surface area is 167 Å². The van der Waals surface area contributed by atoms with Crippen LogP contribution in [0, 0.1) is 0 Å². The fourth-order valence-corrected chi connectivity index (χ4v) is 2.98. The Bertz CT molecular complexity index is 1170. The number of carbonyl (C=O) groups is 1. The molecule has 29 heavy (non-hydrogen) atoms. The van der Waals surface area contributed by atoms with E-state index < -0.39 is 0 Å². The van der Waals surface area contributed by atoms with Crippen LogP contribution in [0.4, 0.5) is 11.4 Å². The highest BCUT2D eigenvalue weighted by molar-refractivity contribution is 6.00. The molecule has 0 unspecified atom stereocenters. The van der Waals surface area contributed by atoms with Gasteiger partial charge in [0.05, 0.1) is 35.3 Å². The summed E-state index contributed by atoms with van der Waals surface area (Å²) in [5, 5.41) is 11.7. The number of anilines is 2. The topological polar surface area (TPSA) is 91.9 Å². The summed E-state index contributed by atoms with van der Waals surface area (Å²) in [6.07, 6.45) is 5.61. The lowest BCUT2D eigenvalue weighted by molar-refractivity contribution is 0.0538. The molecule has 0 aliphatic heterocycles. The number of benzene rings is 2. The van der Waals surface area contributed by atoms with Crippen molar-refractivity contribution in [3.05, 3.63) is 83.8 Å². The van der Waals surface area contributed by atoms with E-state index in [0.29, 0.717) is 11.3 Å². The Morgan fingerprint density at radius 1 is 1.07 bits per heavy atom. The second kappa shape index (κ2) is 8.37.